The standard InChI is InChI=1S/C15H19BFNO2/c1-14(2)15(3,4)20-16(19-14)12-11(17)7-6-10-8-9-18(5)13(10)12/h6-9H,1-5H3. The molecular weight excluding hydrogens is 256 g/mol. The normalized spacial score (nSPS) is 20.8. The molecule has 1 aliphatic rings. The van der Waals surface area contributed by atoms with Crippen molar-refractivity contribution in [1.29, 1.82) is 0 Å². The van der Waals surface area contributed by atoms with E-state index < -0.39 is 18.3 Å². The third kappa shape index (κ3) is 1.80. The van der Waals surface area contributed by atoms with Crippen LogP contribution in [0.5, 0.6) is 0 Å². The van der Waals surface area contributed by atoms with E-state index in [1.54, 1.807) is 6.07 Å². The summed E-state index contributed by atoms with van der Waals surface area (Å²) in [5, 5.41) is 0.985. The molecule has 0 aliphatic carbocycles. The Morgan fingerprint density at radius 3 is 2.25 bits per heavy atom. The molecule has 1 fully saturated rings. The minimum atomic E-state index is -0.683. The smallest absolute Gasteiger partial charge is 0.399 e. The number of nitrogens with zero attached hydrogens (tertiary/aromatic N) is 1. The summed E-state index contributed by atoms with van der Waals surface area (Å²) in [5.41, 5.74) is 0.353. The van der Waals surface area contributed by atoms with Gasteiger partial charge < -0.3 is 13.9 Å². The molecule has 0 saturated carbocycles. The molecular formula is C15H19BFNO2. The number of fused-ring (bicyclic) bond motifs is 1. The van der Waals surface area contributed by atoms with Gasteiger partial charge in [0.1, 0.15) is 5.82 Å². The number of aromatic nitrogens is 1. The highest BCUT2D eigenvalue weighted by atomic mass is 19.1. The summed E-state index contributed by atoms with van der Waals surface area (Å²) < 4.78 is 28.2. The van der Waals surface area contributed by atoms with E-state index in [1.165, 1.54) is 6.07 Å². The summed E-state index contributed by atoms with van der Waals surface area (Å²) in [5.74, 6) is -0.294. The molecule has 1 aromatic heterocycles. The number of rotatable bonds is 1. The monoisotopic (exact) mass is 275 g/mol. The molecule has 2 aromatic rings. The van der Waals surface area contributed by atoms with Gasteiger partial charge >= 0.3 is 7.12 Å². The van der Waals surface area contributed by atoms with Crippen LogP contribution in [0.4, 0.5) is 4.39 Å². The third-order valence-corrected chi connectivity index (χ3v) is 4.51. The number of benzene rings is 1. The fourth-order valence-electron chi connectivity index (χ4n) is 2.58. The van der Waals surface area contributed by atoms with Crippen LogP contribution in [-0.4, -0.2) is 22.9 Å². The third-order valence-electron chi connectivity index (χ3n) is 4.51. The van der Waals surface area contributed by atoms with E-state index in [1.807, 2.05) is 51.6 Å². The van der Waals surface area contributed by atoms with E-state index in [4.69, 9.17) is 9.31 Å². The summed E-state index contributed by atoms with van der Waals surface area (Å²) in [6, 6.07) is 5.21. The summed E-state index contributed by atoms with van der Waals surface area (Å²) in [6.07, 6.45) is 1.92. The van der Waals surface area contributed by atoms with Crippen molar-refractivity contribution in [3.63, 3.8) is 0 Å². The molecule has 3 rings (SSSR count). The molecule has 20 heavy (non-hydrogen) atoms. The predicted octanol–water partition coefficient (Wildman–Crippen LogP) is 2.62. The first-order chi connectivity index (χ1) is 9.23. The van der Waals surface area contributed by atoms with Crippen LogP contribution in [0.15, 0.2) is 24.4 Å². The van der Waals surface area contributed by atoms with E-state index in [2.05, 4.69) is 0 Å². The molecule has 0 radical (unpaired) electrons. The fourth-order valence-corrected chi connectivity index (χ4v) is 2.58. The van der Waals surface area contributed by atoms with Gasteiger partial charge in [-0.15, -0.1) is 0 Å². The summed E-state index contributed by atoms with van der Waals surface area (Å²) >= 11 is 0. The molecule has 106 valence electrons. The maximum Gasteiger partial charge on any atom is 0.500 e. The SMILES string of the molecule is Cn1ccc2ccc(F)c(B3OC(C)(C)C(C)(C)O3)c21. The number of hydrogen-bond acceptors (Lipinski definition) is 2. The van der Waals surface area contributed by atoms with Crippen LogP contribution in [-0.2, 0) is 16.4 Å². The lowest BCUT2D eigenvalue weighted by Gasteiger charge is -2.32. The molecule has 0 atom stereocenters. The van der Waals surface area contributed by atoms with Crippen molar-refractivity contribution in [2.45, 2.75) is 38.9 Å². The second kappa shape index (κ2) is 4.09. The van der Waals surface area contributed by atoms with Gasteiger partial charge in [0.05, 0.1) is 16.7 Å². The van der Waals surface area contributed by atoms with Crippen molar-refractivity contribution in [1.82, 2.24) is 4.57 Å². The fraction of sp³-hybridized carbons (Fsp3) is 0.467. The van der Waals surface area contributed by atoms with Crippen LogP contribution in [0.3, 0.4) is 0 Å². The Morgan fingerprint density at radius 1 is 1.05 bits per heavy atom. The highest BCUT2D eigenvalue weighted by Gasteiger charge is 2.53. The maximum absolute atomic E-state index is 14.4. The van der Waals surface area contributed by atoms with Crippen LogP contribution in [0.25, 0.3) is 10.9 Å². The first-order valence-corrected chi connectivity index (χ1v) is 6.82. The molecule has 3 nitrogen and oxygen atoms in total. The van der Waals surface area contributed by atoms with Gasteiger partial charge in [-0.25, -0.2) is 4.39 Å². The van der Waals surface area contributed by atoms with Crippen molar-refractivity contribution in [2.24, 2.45) is 7.05 Å². The van der Waals surface area contributed by atoms with Crippen LogP contribution in [0, 0.1) is 5.82 Å². The Labute approximate surface area is 118 Å². The molecule has 2 heterocycles. The van der Waals surface area contributed by atoms with Crippen molar-refractivity contribution >= 4 is 23.5 Å². The van der Waals surface area contributed by atoms with Gasteiger partial charge in [-0.1, -0.05) is 0 Å². The van der Waals surface area contributed by atoms with Crippen LogP contribution in [0.1, 0.15) is 27.7 Å². The number of hydrogen-bond donors (Lipinski definition) is 0. The summed E-state index contributed by atoms with van der Waals surface area (Å²) in [4.78, 5) is 0. The van der Waals surface area contributed by atoms with E-state index in [-0.39, 0.29) is 5.82 Å². The largest absolute Gasteiger partial charge is 0.500 e. The number of halogens is 1. The van der Waals surface area contributed by atoms with Gasteiger partial charge in [0.15, 0.2) is 0 Å². The quantitative estimate of drug-likeness (QED) is 0.747. The molecule has 1 aromatic carbocycles. The first kappa shape index (κ1) is 13.6. The Bertz CT molecular complexity index is 662. The average molecular weight is 275 g/mol. The van der Waals surface area contributed by atoms with E-state index >= 15 is 0 Å². The second-order valence-electron chi connectivity index (χ2n) is 6.41. The van der Waals surface area contributed by atoms with Crippen LogP contribution >= 0.6 is 0 Å². The lowest BCUT2D eigenvalue weighted by molar-refractivity contribution is 0.00578. The zero-order chi connectivity index (χ0) is 14.7. The molecule has 0 N–H and O–H groups in total. The topological polar surface area (TPSA) is 23.4 Å². The zero-order valence-corrected chi connectivity index (χ0v) is 12.5. The average Bonchev–Trinajstić information content (AvgIpc) is 2.78. The highest BCUT2D eigenvalue weighted by molar-refractivity contribution is 6.65. The van der Waals surface area contributed by atoms with E-state index in [0.29, 0.717) is 5.46 Å². The Morgan fingerprint density at radius 2 is 1.65 bits per heavy atom. The molecule has 1 saturated heterocycles. The summed E-state index contributed by atoms with van der Waals surface area (Å²) in [7, 11) is 1.22. The molecule has 1 aliphatic heterocycles. The van der Waals surface area contributed by atoms with E-state index in [9.17, 15) is 4.39 Å². The lowest BCUT2D eigenvalue weighted by Crippen LogP contribution is -2.41. The first-order valence-electron chi connectivity index (χ1n) is 6.82. The molecule has 0 bridgehead atoms. The predicted molar refractivity (Wildman–Crippen MR) is 78.6 cm³/mol. The Kier molecular flexibility index (Phi) is 2.79. The number of aryl methyl sites for hydroxylation is 1. The van der Waals surface area contributed by atoms with Gasteiger partial charge in [-0.3, -0.25) is 0 Å². The van der Waals surface area contributed by atoms with E-state index in [0.717, 1.165) is 10.9 Å². The molecule has 5 heteroatoms. The van der Waals surface area contributed by atoms with Gasteiger partial charge in [0.25, 0.3) is 0 Å². The van der Waals surface area contributed by atoms with Crippen molar-refractivity contribution in [3.05, 3.63) is 30.2 Å². The highest BCUT2D eigenvalue weighted by Crippen LogP contribution is 2.37. The second-order valence-corrected chi connectivity index (χ2v) is 6.41. The maximum atomic E-state index is 14.4. The van der Waals surface area contributed by atoms with Crippen LogP contribution in [0.2, 0.25) is 0 Å². The van der Waals surface area contributed by atoms with Crippen molar-refractivity contribution in [2.75, 3.05) is 0 Å². The van der Waals surface area contributed by atoms with Crippen LogP contribution < -0.4 is 5.46 Å². The summed E-state index contributed by atoms with van der Waals surface area (Å²) in [6.45, 7) is 7.87. The molecule has 0 amide bonds. The van der Waals surface area contributed by atoms with Gasteiger partial charge in [0.2, 0.25) is 0 Å². The minimum absolute atomic E-state index is 0.294. The Balaban J connectivity index is 2.17. The van der Waals surface area contributed by atoms with Gasteiger partial charge in [0, 0.05) is 18.7 Å². The lowest BCUT2D eigenvalue weighted by atomic mass is 9.77. The molecule has 0 spiro atoms. The molecule has 0 unspecified atom stereocenters. The van der Waals surface area contributed by atoms with Gasteiger partial charge in [-0.2, -0.15) is 0 Å². The minimum Gasteiger partial charge on any atom is -0.399 e. The van der Waals surface area contributed by atoms with Gasteiger partial charge in [-0.05, 0) is 51.3 Å². The van der Waals surface area contributed by atoms with Crippen molar-refractivity contribution < 1.29 is 13.7 Å². The van der Waals surface area contributed by atoms with Crippen molar-refractivity contribution in [3.8, 4) is 0 Å². The zero-order valence-electron chi connectivity index (χ0n) is 12.5. The Hall–Kier alpha value is -1.33.